The molecule has 0 aromatic rings. The van der Waals surface area contributed by atoms with Crippen molar-refractivity contribution in [2.75, 3.05) is 0 Å². The van der Waals surface area contributed by atoms with Gasteiger partial charge in [-0.25, -0.2) is 0 Å². The topological polar surface area (TPSA) is 0 Å². The van der Waals surface area contributed by atoms with Crippen LogP contribution in [0.25, 0.3) is 0 Å². The van der Waals surface area contributed by atoms with Gasteiger partial charge in [0.1, 0.15) is 0 Å². The number of hydrogen-bond acceptors (Lipinski definition) is 0. The van der Waals surface area contributed by atoms with Crippen LogP contribution in [0.5, 0.6) is 0 Å². The van der Waals surface area contributed by atoms with Gasteiger partial charge in [0, 0.05) is 10.6 Å². The molecule has 0 saturated heterocycles. The van der Waals surface area contributed by atoms with Crippen LogP contribution in [0.1, 0.15) is 19.3 Å². The molecule has 2 heteroatoms. The Morgan fingerprint density at radius 1 is 1.62 bits per heavy atom. The van der Waals surface area contributed by atoms with Gasteiger partial charge < -0.3 is 0 Å². The molecule has 47 valence electrons. The molecule has 0 nitrogen and oxygen atoms in total. The lowest BCUT2D eigenvalue weighted by atomic mass is 10.2. The quantitative estimate of drug-likeness (QED) is 0.581. The zero-order valence-electron chi connectivity index (χ0n) is 4.66. The highest BCUT2D eigenvalue weighted by Crippen LogP contribution is 2.11. The molecule has 0 N–H and O–H groups in total. The standard InChI is InChI=1S/C6H9Cl2/c1-2-3-4-6(8)5-7/h5H,1-4H2. The average Bonchev–Trinajstić information content (AvgIpc) is 1.83. The lowest BCUT2D eigenvalue weighted by Crippen LogP contribution is -1.70. The number of unbranched alkanes of at least 4 members (excludes halogenated alkanes) is 1. The summed E-state index contributed by atoms with van der Waals surface area (Å²) in [7, 11) is 0. The van der Waals surface area contributed by atoms with Gasteiger partial charge >= 0.3 is 0 Å². The van der Waals surface area contributed by atoms with Gasteiger partial charge in [-0.15, -0.1) is 0 Å². The average molecular weight is 152 g/mol. The van der Waals surface area contributed by atoms with Crippen LogP contribution in [-0.2, 0) is 0 Å². The van der Waals surface area contributed by atoms with Crippen LogP contribution in [0, 0.1) is 6.92 Å². The first kappa shape index (κ1) is 8.32. The first-order valence-electron chi connectivity index (χ1n) is 2.55. The molecule has 0 saturated carbocycles. The molecule has 0 aromatic heterocycles. The van der Waals surface area contributed by atoms with Gasteiger partial charge in [-0.3, -0.25) is 0 Å². The van der Waals surface area contributed by atoms with Crippen molar-refractivity contribution in [2.24, 2.45) is 0 Å². The summed E-state index contributed by atoms with van der Waals surface area (Å²) in [6.07, 6.45) is 2.79. The van der Waals surface area contributed by atoms with E-state index in [1.54, 1.807) is 0 Å². The van der Waals surface area contributed by atoms with E-state index in [0.29, 0.717) is 0 Å². The van der Waals surface area contributed by atoms with Crippen molar-refractivity contribution >= 4 is 23.2 Å². The van der Waals surface area contributed by atoms with Crippen molar-refractivity contribution < 1.29 is 0 Å². The summed E-state index contributed by atoms with van der Waals surface area (Å²) in [5.41, 5.74) is 1.40. The first-order valence-corrected chi connectivity index (χ1v) is 3.36. The van der Waals surface area contributed by atoms with Crippen LogP contribution in [0.4, 0.5) is 0 Å². The molecular formula is C6H9Cl2. The van der Waals surface area contributed by atoms with Crippen LogP contribution < -0.4 is 0 Å². The monoisotopic (exact) mass is 151 g/mol. The Morgan fingerprint density at radius 3 is 2.62 bits per heavy atom. The minimum atomic E-state index is 0.718. The zero-order valence-corrected chi connectivity index (χ0v) is 6.17. The Morgan fingerprint density at radius 2 is 2.25 bits per heavy atom. The van der Waals surface area contributed by atoms with Gasteiger partial charge in [0.15, 0.2) is 0 Å². The van der Waals surface area contributed by atoms with Crippen molar-refractivity contribution in [3.63, 3.8) is 0 Å². The van der Waals surface area contributed by atoms with Gasteiger partial charge in [-0.05, 0) is 12.8 Å². The Bertz CT molecular complexity index is 76.6. The lowest BCUT2D eigenvalue weighted by Gasteiger charge is -1.91. The normalized spacial score (nSPS) is 12.1. The molecule has 0 rings (SSSR count). The minimum Gasteiger partial charge on any atom is -0.0917 e. The number of allylic oxidation sites excluding steroid dienone is 1. The predicted molar refractivity (Wildman–Crippen MR) is 39.0 cm³/mol. The van der Waals surface area contributed by atoms with E-state index in [1.807, 2.05) is 0 Å². The van der Waals surface area contributed by atoms with Crippen molar-refractivity contribution in [1.82, 2.24) is 0 Å². The van der Waals surface area contributed by atoms with E-state index in [9.17, 15) is 0 Å². The molecule has 0 unspecified atom stereocenters. The number of hydrogen-bond donors (Lipinski definition) is 0. The Balaban J connectivity index is 3.12. The summed E-state index contributed by atoms with van der Waals surface area (Å²) >= 11 is 10.8. The summed E-state index contributed by atoms with van der Waals surface area (Å²) in [5, 5.41) is 0.718. The van der Waals surface area contributed by atoms with E-state index < -0.39 is 0 Å². The Hall–Kier alpha value is 0.320. The van der Waals surface area contributed by atoms with E-state index in [4.69, 9.17) is 23.2 Å². The second kappa shape index (κ2) is 5.46. The number of halogens is 2. The fourth-order valence-electron chi connectivity index (χ4n) is 0.348. The second-order valence-electron chi connectivity index (χ2n) is 1.51. The number of rotatable bonds is 3. The van der Waals surface area contributed by atoms with Crippen molar-refractivity contribution in [2.45, 2.75) is 19.3 Å². The van der Waals surface area contributed by atoms with Crippen molar-refractivity contribution in [3.8, 4) is 0 Å². The highest BCUT2D eigenvalue weighted by atomic mass is 35.5. The fraction of sp³-hybridized carbons (Fsp3) is 0.500. The van der Waals surface area contributed by atoms with Crippen LogP contribution >= 0.6 is 23.2 Å². The molecule has 0 spiro atoms. The van der Waals surface area contributed by atoms with Gasteiger partial charge in [0.05, 0.1) is 0 Å². The lowest BCUT2D eigenvalue weighted by molar-refractivity contribution is 0.857. The molecule has 0 atom stereocenters. The molecule has 0 aliphatic rings. The molecule has 0 aromatic carbocycles. The van der Waals surface area contributed by atoms with Gasteiger partial charge in [0.2, 0.25) is 0 Å². The van der Waals surface area contributed by atoms with Crippen LogP contribution in [-0.4, -0.2) is 0 Å². The third-order valence-electron chi connectivity index (χ3n) is 0.784. The molecule has 8 heavy (non-hydrogen) atoms. The van der Waals surface area contributed by atoms with Crippen molar-refractivity contribution in [3.05, 3.63) is 17.5 Å². The summed E-state index contributed by atoms with van der Waals surface area (Å²) < 4.78 is 0. The second-order valence-corrected chi connectivity index (χ2v) is 2.22. The Labute approximate surface area is 60.5 Å². The summed E-state index contributed by atoms with van der Waals surface area (Å²) in [6.45, 7) is 3.66. The maximum atomic E-state index is 5.55. The van der Waals surface area contributed by atoms with E-state index >= 15 is 0 Å². The fourth-order valence-corrected chi connectivity index (χ4v) is 0.591. The molecule has 0 amide bonds. The van der Waals surface area contributed by atoms with E-state index in [2.05, 4.69) is 6.92 Å². The van der Waals surface area contributed by atoms with Gasteiger partial charge in [0.25, 0.3) is 0 Å². The van der Waals surface area contributed by atoms with E-state index in [1.165, 1.54) is 5.54 Å². The molecule has 0 aliphatic heterocycles. The third-order valence-corrected chi connectivity index (χ3v) is 1.46. The SMILES string of the molecule is [CH2]CCCC(Cl)=CCl. The van der Waals surface area contributed by atoms with Gasteiger partial charge in [-0.2, -0.15) is 0 Å². The maximum absolute atomic E-state index is 5.55. The molecule has 0 aliphatic carbocycles. The van der Waals surface area contributed by atoms with Gasteiger partial charge in [-0.1, -0.05) is 36.5 Å². The molecule has 0 fully saturated rings. The largest absolute Gasteiger partial charge is 0.0917 e. The molecule has 0 bridgehead atoms. The van der Waals surface area contributed by atoms with E-state index in [-0.39, 0.29) is 0 Å². The summed E-state index contributed by atoms with van der Waals surface area (Å²) in [6, 6.07) is 0. The maximum Gasteiger partial charge on any atom is 0.0293 e. The van der Waals surface area contributed by atoms with Crippen LogP contribution in [0.2, 0.25) is 0 Å². The molecule has 0 heterocycles. The summed E-state index contributed by atoms with van der Waals surface area (Å²) in [5.74, 6) is 0. The zero-order chi connectivity index (χ0) is 6.41. The Kier molecular flexibility index (Phi) is 5.67. The predicted octanol–water partition coefficient (Wildman–Crippen LogP) is 3.31. The smallest absolute Gasteiger partial charge is 0.0293 e. The van der Waals surface area contributed by atoms with Crippen LogP contribution in [0.15, 0.2) is 10.6 Å². The summed E-state index contributed by atoms with van der Waals surface area (Å²) in [4.78, 5) is 0. The van der Waals surface area contributed by atoms with Crippen molar-refractivity contribution in [1.29, 1.82) is 0 Å². The highest BCUT2D eigenvalue weighted by Gasteiger charge is 1.87. The highest BCUT2D eigenvalue weighted by molar-refractivity contribution is 6.36. The molecule has 1 radical (unpaired) electrons. The third kappa shape index (κ3) is 4.48. The molecular weight excluding hydrogens is 143 g/mol. The van der Waals surface area contributed by atoms with E-state index in [0.717, 1.165) is 24.3 Å². The minimum absolute atomic E-state index is 0.718. The van der Waals surface area contributed by atoms with Crippen LogP contribution in [0.3, 0.4) is 0 Å². The first-order chi connectivity index (χ1) is 3.81.